The fourth-order valence-electron chi connectivity index (χ4n) is 0.188. The van der Waals surface area contributed by atoms with Crippen LogP contribution in [0.1, 0.15) is 0 Å². The highest BCUT2D eigenvalue weighted by molar-refractivity contribution is 5.91. The Kier molecular flexibility index (Phi) is 3.78. The highest BCUT2D eigenvalue weighted by atomic mass is 19.3. The minimum absolute atomic E-state index is 0.377. The second kappa shape index (κ2) is 4.42. The number of rotatable bonds is 2. The number of halogens is 2. The van der Waals surface area contributed by atoms with E-state index < -0.39 is 11.9 Å². The Labute approximate surface area is 53.8 Å². The molecule has 0 saturated heterocycles. The zero-order valence-electron chi connectivity index (χ0n) is 4.54. The molecule has 0 aliphatic rings. The van der Waals surface area contributed by atoms with E-state index in [4.69, 9.17) is 0 Å². The summed E-state index contributed by atoms with van der Waals surface area (Å²) in [4.78, 5) is 24.8. The molecule has 0 amide bonds. The number of hydrogen-bond donors (Lipinski definition) is 0. The smallest absolute Gasteiger partial charge is 0.250 e. The van der Waals surface area contributed by atoms with Crippen LogP contribution in [0, 0.1) is 0 Å². The van der Waals surface area contributed by atoms with Crippen LogP contribution in [0.3, 0.4) is 0 Å². The second-order valence-electron chi connectivity index (χ2n) is 1.13. The van der Waals surface area contributed by atoms with Gasteiger partial charge in [0.15, 0.2) is 0 Å². The summed E-state index contributed by atoms with van der Waals surface area (Å²) in [5, 5.41) is 0. The average Bonchev–Trinajstić information content (AvgIpc) is 1.99. The lowest BCUT2D eigenvalue weighted by Crippen LogP contribution is -1.95. The Balaban J connectivity index is 3.75. The molecule has 0 spiro atoms. The zero-order chi connectivity index (χ0) is 7.98. The Morgan fingerprint density at radius 2 is 1.30 bits per heavy atom. The van der Waals surface area contributed by atoms with Crippen molar-refractivity contribution in [2.45, 2.75) is 0 Å². The molecule has 0 unspecified atom stereocenters. The van der Waals surface area contributed by atoms with E-state index in [1.165, 1.54) is 0 Å². The quantitative estimate of drug-likeness (QED) is 0.537. The third-order valence-corrected chi connectivity index (χ3v) is 0.508. The van der Waals surface area contributed by atoms with E-state index in [0.29, 0.717) is 12.2 Å². The number of carbonyl (C=O) groups is 2. The summed E-state index contributed by atoms with van der Waals surface area (Å²) in [5.74, 6) is -2.82. The molecule has 0 heterocycles. The van der Waals surface area contributed by atoms with Crippen molar-refractivity contribution in [3.63, 3.8) is 0 Å². The first-order chi connectivity index (χ1) is 4.70. The molecule has 0 aliphatic carbocycles. The summed E-state index contributed by atoms with van der Waals surface area (Å²) in [7, 11) is 0. The van der Waals surface area contributed by atoms with Gasteiger partial charge in [0.1, 0.15) is 0 Å². The van der Waals surface area contributed by atoms with Crippen molar-refractivity contribution in [2.75, 3.05) is 0 Å². The van der Waals surface area contributed by atoms with E-state index in [-0.39, 0.29) is 0 Å². The molecule has 0 atom stereocenters. The first kappa shape index (κ1) is 8.54. The van der Waals surface area contributed by atoms with Crippen molar-refractivity contribution in [3.05, 3.63) is 12.2 Å². The second-order valence-corrected chi connectivity index (χ2v) is 1.13. The monoisotopic (exact) mass is 152 g/mol. The van der Waals surface area contributed by atoms with Crippen LogP contribution in [0.5, 0.6) is 0 Å². The predicted molar refractivity (Wildman–Crippen MR) is 23.5 cm³/mol. The normalized spacial score (nSPS) is 9.40. The minimum Gasteiger partial charge on any atom is -0.250 e. The molecule has 10 heavy (non-hydrogen) atoms. The lowest BCUT2D eigenvalue weighted by atomic mass is 10.5. The Hall–Kier alpha value is -1.46. The van der Waals surface area contributed by atoms with Crippen molar-refractivity contribution in [3.8, 4) is 0 Å². The lowest BCUT2D eigenvalue weighted by molar-refractivity contribution is -0.179. The van der Waals surface area contributed by atoms with Crippen LogP contribution in [0.4, 0.5) is 9.05 Å². The van der Waals surface area contributed by atoms with Crippen LogP contribution in [-0.2, 0) is 19.5 Å². The molecule has 0 bridgehead atoms. The molecule has 0 aromatic heterocycles. The maximum atomic E-state index is 10.8. The minimum atomic E-state index is -1.41. The van der Waals surface area contributed by atoms with Crippen molar-refractivity contribution >= 4 is 11.9 Å². The fourth-order valence-corrected chi connectivity index (χ4v) is 0.188. The van der Waals surface area contributed by atoms with Crippen LogP contribution >= 0.6 is 0 Å². The van der Waals surface area contributed by atoms with Crippen molar-refractivity contribution in [1.29, 1.82) is 0 Å². The average molecular weight is 152 g/mol. The first-order valence-corrected chi connectivity index (χ1v) is 2.04. The van der Waals surface area contributed by atoms with Gasteiger partial charge in [-0.15, -0.1) is 0 Å². The van der Waals surface area contributed by atoms with Crippen molar-refractivity contribution < 1.29 is 28.5 Å². The number of carbonyl (C=O) groups excluding carboxylic acids is 2. The van der Waals surface area contributed by atoms with Gasteiger partial charge >= 0.3 is 11.9 Å². The summed E-state index contributed by atoms with van der Waals surface area (Å²) < 4.78 is 21.6. The molecule has 56 valence electrons. The van der Waals surface area contributed by atoms with E-state index in [1.807, 2.05) is 0 Å². The van der Waals surface area contributed by atoms with Crippen LogP contribution in [0.2, 0.25) is 0 Å². The van der Waals surface area contributed by atoms with Crippen LogP contribution in [0.15, 0.2) is 12.2 Å². The van der Waals surface area contributed by atoms with E-state index in [9.17, 15) is 18.6 Å². The summed E-state index contributed by atoms with van der Waals surface area (Å²) >= 11 is 0. The van der Waals surface area contributed by atoms with E-state index in [2.05, 4.69) is 9.88 Å². The maximum absolute atomic E-state index is 10.8. The molecule has 4 nitrogen and oxygen atoms in total. The zero-order valence-corrected chi connectivity index (χ0v) is 4.54. The van der Waals surface area contributed by atoms with Gasteiger partial charge < -0.3 is 0 Å². The molecule has 0 aromatic carbocycles. The molecule has 6 heteroatoms. The van der Waals surface area contributed by atoms with E-state index in [1.54, 1.807) is 0 Å². The summed E-state index contributed by atoms with van der Waals surface area (Å²) in [6.07, 6.45) is 0.754. The van der Waals surface area contributed by atoms with Gasteiger partial charge in [-0.2, -0.15) is 0 Å². The summed E-state index contributed by atoms with van der Waals surface area (Å²) in [6, 6.07) is 0. The van der Waals surface area contributed by atoms with Crippen LogP contribution in [0.25, 0.3) is 0 Å². The molecule has 0 aliphatic heterocycles. The van der Waals surface area contributed by atoms with Gasteiger partial charge in [-0.25, -0.2) is 9.59 Å². The maximum Gasteiger partial charge on any atom is 0.372 e. The topological polar surface area (TPSA) is 52.6 Å². The van der Waals surface area contributed by atoms with Crippen molar-refractivity contribution in [1.82, 2.24) is 0 Å². The molecule has 0 rings (SSSR count). The van der Waals surface area contributed by atoms with Gasteiger partial charge in [-0.05, 0) is 0 Å². The Bertz CT molecular complexity index is 147. The SMILES string of the molecule is O=C(C=CC(=O)OF)OF. The van der Waals surface area contributed by atoms with Crippen LogP contribution in [-0.4, -0.2) is 11.9 Å². The molecule has 0 radical (unpaired) electrons. The number of hydrogen-bond acceptors (Lipinski definition) is 4. The molecule has 0 aromatic rings. The Morgan fingerprint density at radius 1 is 1.00 bits per heavy atom. The molecule has 0 saturated carbocycles. The van der Waals surface area contributed by atoms with Crippen LogP contribution < -0.4 is 0 Å². The van der Waals surface area contributed by atoms with Gasteiger partial charge in [-0.3, -0.25) is 9.88 Å². The highest BCUT2D eigenvalue weighted by Gasteiger charge is 1.99. The largest absolute Gasteiger partial charge is 0.372 e. The van der Waals surface area contributed by atoms with Gasteiger partial charge in [0.05, 0.1) is 0 Å². The predicted octanol–water partition coefficient (Wildman–Crippen LogP) is 0.398. The van der Waals surface area contributed by atoms with Gasteiger partial charge in [0, 0.05) is 21.2 Å². The first-order valence-electron chi connectivity index (χ1n) is 2.04. The molecular formula is C4H2F2O4. The summed E-state index contributed by atoms with van der Waals surface area (Å²) in [6.45, 7) is 0. The van der Waals surface area contributed by atoms with E-state index in [0.717, 1.165) is 0 Å². The van der Waals surface area contributed by atoms with E-state index >= 15 is 0 Å². The third kappa shape index (κ3) is 3.53. The van der Waals surface area contributed by atoms with Gasteiger partial charge in [0.25, 0.3) is 0 Å². The highest BCUT2D eigenvalue weighted by Crippen LogP contribution is 1.84. The van der Waals surface area contributed by atoms with Gasteiger partial charge in [0.2, 0.25) is 0 Å². The van der Waals surface area contributed by atoms with Crippen molar-refractivity contribution in [2.24, 2.45) is 0 Å². The third-order valence-electron chi connectivity index (χ3n) is 0.508. The lowest BCUT2D eigenvalue weighted by Gasteiger charge is -1.81. The standard InChI is InChI=1S/C4H2F2O4/c5-9-3(7)1-2-4(8)10-6/h1-2H. The fraction of sp³-hybridized carbons (Fsp3) is 0. The Morgan fingerprint density at radius 3 is 1.50 bits per heavy atom. The molecule has 0 fully saturated rings. The van der Waals surface area contributed by atoms with Gasteiger partial charge in [-0.1, -0.05) is 0 Å². The molecule has 0 N–H and O–H groups in total. The molecular weight excluding hydrogens is 150 g/mol. The summed E-state index contributed by atoms with van der Waals surface area (Å²) in [5.41, 5.74) is 0.